The third kappa shape index (κ3) is 5.08. The predicted molar refractivity (Wildman–Crippen MR) is 120 cm³/mol. The van der Waals surface area contributed by atoms with E-state index >= 15 is 0 Å². The number of fused-ring (bicyclic) bond motifs is 1. The van der Waals surface area contributed by atoms with Gasteiger partial charge in [0, 0.05) is 25.2 Å². The van der Waals surface area contributed by atoms with Gasteiger partial charge >= 0.3 is 0 Å². The van der Waals surface area contributed by atoms with Crippen LogP contribution in [-0.2, 0) is 11.2 Å². The summed E-state index contributed by atoms with van der Waals surface area (Å²) in [5.74, 6) is 1.71. The summed E-state index contributed by atoms with van der Waals surface area (Å²) in [7, 11) is 5.00. The highest BCUT2D eigenvalue weighted by Gasteiger charge is 2.23. The van der Waals surface area contributed by atoms with Gasteiger partial charge in [-0.15, -0.1) is 0 Å². The van der Waals surface area contributed by atoms with Crippen LogP contribution in [0.5, 0.6) is 17.2 Å². The lowest BCUT2D eigenvalue weighted by molar-refractivity contribution is -0.135. The highest BCUT2D eigenvalue weighted by Crippen LogP contribution is 2.33. The van der Waals surface area contributed by atoms with Crippen molar-refractivity contribution in [3.05, 3.63) is 58.7 Å². The zero-order valence-corrected chi connectivity index (χ0v) is 18.7. The summed E-state index contributed by atoms with van der Waals surface area (Å²) < 4.78 is 16.8. The van der Waals surface area contributed by atoms with Crippen LogP contribution in [0.1, 0.15) is 41.8 Å². The smallest absolute Gasteiger partial charge is 0.262 e. The molecule has 0 radical (unpaired) electrons. The first-order chi connectivity index (χ1) is 14.8. The topological polar surface area (TPSA) is 65.1 Å². The number of aryl methyl sites for hydroxylation is 1. The van der Waals surface area contributed by atoms with Gasteiger partial charge in [0.1, 0.15) is 5.75 Å². The van der Waals surface area contributed by atoms with Gasteiger partial charge in [0.15, 0.2) is 23.4 Å². The number of hydrogen-bond donors (Lipinski definition) is 0. The van der Waals surface area contributed by atoms with E-state index in [4.69, 9.17) is 14.2 Å². The van der Waals surface area contributed by atoms with Crippen molar-refractivity contribution in [3.8, 4) is 17.2 Å². The van der Waals surface area contributed by atoms with Gasteiger partial charge in [0.05, 0.1) is 13.7 Å². The molecule has 164 valence electrons. The van der Waals surface area contributed by atoms with Crippen LogP contribution in [0.15, 0.2) is 42.0 Å². The molecule has 2 aromatic rings. The summed E-state index contributed by atoms with van der Waals surface area (Å²) in [5.41, 5.74) is 3.34. The minimum atomic E-state index is -0.633. The van der Waals surface area contributed by atoms with E-state index in [9.17, 15) is 9.59 Å². The largest absolute Gasteiger partial charge is 0.497 e. The number of rotatable bonds is 7. The number of methoxy groups -OCH3 is 1. The maximum absolute atomic E-state index is 13.0. The number of likely N-dealkylation sites (N-methyl/N-ethyl adjacent to an activating group) is 1. The second-order valence-electron chi connectivity index (χ2n) is 7.65. The van der Waals surface area contributed by atoms with Crippen LogP contribution in [0.25, 0.3) is 6.08 Å². The molecule has 6 heteroatoms. The summed E-state index contributed by atoms with van der Waals surface area (Å²) in [6.07, 6.45) is 2.71. The Morgan fingerprint density at radius 3 is 2.58 bits per heavy atom. The molecule has 0 bridgehead atoms. The summed E-state index contributed by atoms with van der Waals surface area (Å²) >= 11 is 0. The lowest BCUT2D eigenvalue weighted by Crippen LogP contribution is -2.35. The lowest BCUT2D eigenvalue weighted by atomic mass is 9.86. The Bertz CT molecular complexity index is 1010. The number of benzene rings is 2. The second-order valence-corrected chi connectivity index (χ2v) is 7.65. The lowest BCUT2D eigenvalue weighted by Gasteiger charge is -2.20. The molecule has 1 atom stereocenters. The van der Waals surface area contributed by atoms with Gasteiger partial charge in [-0.1, -0.05) is 6.07 Å². The Kier molecular flexibility index (Phi) is 7.00. The molecule has 0 spiro atoms. The van der Waals surface area contributed by atoms with Gasteiger partial charge in [-0.3, -0.25) is 9.59 Å². The number of Topliss-reactive ketones (excluding diaryl/α,β-unsaturated/α-hetero) is 1. The van der Waals surface area contributed by atoms with Gasteiger partial charge in [-0.2, -0.15) is 0 Å². The molecule has 2 aromatic carbocycles. The number of carbonyl (C=O) groups excluding carboxylic acids is 2. The van der Waals surface area contributed by atoms with Crippen LogP contribution >= 0.6 is 0 Å². The molecule has 0 aromatic heterocycles. The molecular formula is C25H29NO5. The average molecular weight is 424 g/mol. The molecular weight excluding hydrogens is 394 g/mol. The molecule has 3 rings (SSSR count). The Morgan fingerprint density at radius 2 is 1.90 bits per heavy atom. The fourth-order valence-electron chi connectivity index (χ4n) is 3.60. The van der Waals surface area contributed by atoms with Gasteiger partial charge in [-0.05, 0) is 74.2 Å². The molecule has 1 amide bonds. The molecule has 0 fully saturated rings. The number of ether oxygens (including phenoxy) is 3. The maximum atomic E-state index is 13.0. The Morgan fingerprint density at radius 1 is 1.13 bits per heavy atom. The third-order valence-corrected chi connectivity index (χ3v) is 5.21. The fraction of sp³-hybridized carbons (Fsp3) is 0.360. The first kappa shape index (κ1) is 22.4. The zero-order chi connectivity index (χ0) is 22.5. The van der Waals surface area contributed by atoms with Crippen molar-refractivity contribution < 1.29 is 23.8 Å². The maximum Gasteiger partial charge on any atom is 0.262 e. The Balaban J connectivity index is 1.86. The van der Waals surface area contributed by atoms with Crippen molar-refractivity contribution in [2.75, 3.05) is 27.8 Å². The standard InChI is InChI=1S/C25H29NO5/c1-6-30-23-14-17(7-12-22(23)31-16(2)25(28)26(3)4)13-19-9-8-18-15-20(29-5)10-11-21(18)24(19)27/h7,10-16H,6,8-9H2,1-5H3/b19-13+/t16-/m0/s1. The molecule has 0 N–H and O–H groups in total. The summed E-state index contributed by atoms with van der Waals surface area (Å²) in [5, 5.41) is 0. The van der Waals surface area contributed by atoms with Gasteiger partial charge in [-0.25, -0.2) is 0 Å². The van der Waals surface area contributed by atoms with Crippen LogP contribution in [0.4, 0.5) is 0 Å². The number of allylic oxidation sites excluding steroid dienone is 1. The van der Waals surface area contributed by atoms with Crippen molar-refractivity contribution in [2.45, 2.75) is 32.8 Å². The van der Waals surface area contributed by atoms with Crippen molar-refractivity contribution in [1.82, 2.24) is 4.90 Å². The van der Waals surface area contributed by atoms with Crippen LogP contribution < -0.4 is 14.2 Å². The second kappa shape index (κ2) is 9.69. The fourth-order valence-corrected chi connectivity index (χ4v) is 3.60. The van der Waals surface area contributed by atoms with Crippen LogP contribution in [0.2, 0.25) is 0 Å². The molecule has 1 aliphatic rings. The average Bonchev–Trinajstić information content (AvgIpc) is 2.76. The van der Waals surface area contributed by atoms with Crippen LogP contribution in [-0.4, -0.2) is 50.5 Å². The van der Waals surface area contributed by atoms with E-state index in [-0.39, 0.29) is 11.7 Å². The van der Waals surface area contributed by atoms with Crippen LogP contribution in [0.3, 0.4) is 0 Å². The first-order valence-corrected chi connectivity index (χ1v) is 10.4. The molecule has 0 unspecified atom stereocenters. The van der Waals surface area contributed by atoms with Gasteiger partial charge < -0.3 is 19.1 Å². The minimum absolute atomic E-state index is 0.0346. The van der Waals surface area contributed by atoms with Gasteiger partial charge in [0.2, 0.25) is 0 Å². The molecule has 0 saturated carbocycles. The molecule has 0 heterocycles. The van der Waals surface area contributed by atoms with E-state index in [0.29, 0.717) is 24.5 Å². The molecule has 6 nitrogen and oxygen atoms in total. The van der Waals surface area contributed by atoms with Crippen molar-refractivity contribution >= 4 is 17.8 Å². The highest BCUT2D eigenvalue weighted by atomic mass is 16.5. The van der Waals surface area contributed by atoms with E-state index < -0.39 is 6.10 Å². The SMILES string of the molecule is CCOc1cc(/C=C2\CCc3cc(OC)ccc3C2=O)ccc1O[C@@H](C)C(=O)N(C)C. The summed E-state index contributed by atoms with van der Waals surface area (Å²) in [6.45, 7) is 4.06. The van der Waals surface area contributed by atoms with E-state index in [1.54, 1.807) is 34.2 Å². The van der Waals surface area contributed by atoms with Gasteiger partial charge in [0.25, 0.3) is 5.91 Å². The van der Waals surface area contributed by atoms with Crippen molar-refractivity contribution in [3.63, 3.8) is 0 Å². The van der Waals surface area contributed by atoms with Crippen LogP contribution in [0, 0.1) is 0 Å². The van der Waals surface area contributed by atoms with Crippen molar-refractivity contribution in [1.29, 1.82) is 0 Å². The van der Waals surface area contributed by atoms with E-state index in [0.717, 1.165) is 34.4 Å². The Labute approximate surface area is 183 Å². The number of hydrogen-bond acceptors (Lipinski definition) is 5. The number of nitrogens with zero attached hydrogens (tertiary/aromatic N) is 1. The molecule has 0 aliphatic heterocycles. The molecule has 31 heavy (non-hydrogen) atoms. The third-order valence-electron chi connectivity index (χ3n) is 5.21. The minimum Gasteiger partial charge on any atom is -0.497 e. The number of amides is 1. The monoisotopic (exact) mass is 423 g/mol. The van der Waals surface area contributed by atoms with E-state index in [1.165, 1.54) is 4.90 Å². The summed E-state index contributed by atoms with van der Waals surface area (Å²) in [4.78, 5) is 26.6. The predicted octanol–water partition coefficient (Wildman–Crippen LogP) is 4.16. The normalized spacial score (nSPS) is 15.3. The molecule has 1 aliphatic carbocycles. The zero-order valence-electron chi connectivity index (χ0n) is 18.7. The number of carbonyl (C=O) groups is 2. The number of ketones is 1. The van der Waals surface area contributed by atoms with Crippen molar-refractivity contribution in [2.24, 2.45) is 0 Å². The molecule has 0 saturated heterocycles. The Hall–Kier alpha value is -3.28. The van der Waals surface area contributed by atoms with E-state index in [1.807, 2.05) is 43.3 Å². The quantitative estimate of drug-likeness (QED) is 0.626. The first-order valence-electron chi connectivity index (χ1n) is 10.4. The van der Waals surface area contributed by atoms with E-state index in [2.05, 4.69) is 0 Å². The summed E-state index contributed by atoms with van der Waals surface area (Å²) in [6, 6.07) is 11.1. The highest BCUT2D eigenvalue weighted by molar-refractivity contribution is 6.13.